The van der Waals surface area contributed by atoms with E-state index in [0.717, 1.165) is 5.56 Å². The number of Topliss-reactive ketones (excluding diaryl/α,β-unsaturated/α-hetero) is 2. The number of pyridine rings is 1. The second kappa shape index (κ2) is 9.87. The van der Waals surface area contributed by atoms with Crippen LogP contribution in [-0.2, 0) is 35.4 Å². The van der Waals surface area contributed by atoms with Crippen LogP contribution in [-0.4, -0.2) is 59.6 Å². The first kappa shape index (κ1) is 25.0. The number of sulfone groups is 1. The van der Waals surface area contributed by atoms with E-state index in [4.69, 9.17) is 11.6 Å². The second-order valence-electron chi connectivity index (χ2n) is 8.69. The summed E-state index contributed by atoms with van der Waals surface area (Å²) >= 11 is 5.83. The number of hydrogen-bond donors (Lipinski definition) is 1. The highest BCUT2D eigenvalue weighted by molar-refractivity contribution is 7.93. The predicted octanol–water partition coefficient (Wildman–Crippen LogP) is 1.73. The highest BCUT2D eigenvalue weighted by Gasteiger charge is 2.70. The molecule has 0 radical (unpaired) electrons. The lowest BCUT2D eigenvalue weighted by atomic mass is 9.93. The number of hydrogen-bond acceptors (Lipinski definition) is 7. The van der Waals surface area contributed by atoms with Crippen molar-refractivity contribution in [3.63, 3.8) is 0 Å². The summed E-state index contributed by atoms with van der Waals surface area (Å²) in [6.07, 6.45) is 4.62. The summed E-state index contributed by atoms with van der Waals surface area (Å²) < 4.78 is 26.4. The molecule has 2 aromatic rings. The Bertz CT molecular complexity index is 1250. The zero-order valence-corrected chi connectivity index (χ0v) is 20.3. The molecule has 1 aromatic heterocycles. The summed E-state index contributed by atoms with van der Waals surface area (Å²) in [5, 5.41) is 3.01. The van der Waals surface area contributed by atoms with Gasteiger partial charge in [-0.2, -0.15) is 0 Å². The van der Waals surface area contributed by atoms with E-state index in [1.165, 1.54) is 29.2 Å². The number of nitrogens with zero attached hydrogens (tertiary/aromatic N) is 2. The van der Waals surface area contributed by atoms with Crippen LogP contribution < -0.4 is 5.32 Å². The van der Waals surface area contributed by atoms with Crippen LogP contribution in [0.2, 0.25) is 5.02 Å². The number of benzene rings is 1. The van der Waals surface area contributed by atoms with Crippen LogP contribution in [0.15, 0.2) is 53.7 Å². The Balaban J connectivity index is 0.000000271. The minimum Gasteiger partial charge on any atom is -0.356 e. The summed E-state index contributed by atoms with van der Waals surface area (Å²) in [6.45, 7) is 0.636. The van der Waals surface area contributed by atoms with Crippen LogP contribution in [0.5, 0.6) is 0 Å². The van der Waals surface area contributed by atoms with Crippen molar-refractivity contribution in [3.8, 4) is 0 Å². The molecular formula is C24H24ClN3O6S. The summed E-state index contributed by atoms with van der Waals surface area (Å²) in [6, 6.07) is 9.25. The van der Waals surface area contributed by atoms with E-state index < -0.39 is 26.4 Å². The number of carbonyl (C=O) groups is 4. The van der Waals surface area contributed by atoms with Crippen molar-refractivity contribution >= 4 is 44.8 Å². The van der Waals surface area contributed by atoms with Gasteiger partial charge in [0, 0.05) is 55.7 Å². The van der Waals surface area contributed by atoms with Gasteiger partial charge in [0.05, 0.1) is 11.3 Å². The van der Waals surface area contributed by atoms with E-state index in [0.29, 0.717) is 37.3 Å². The van der Waals surface area contributed by atoms with Crippen LogP contribution in [0.25, 0.3) is 0 Å². The molecule has 3 fully saturated rings. The van der Waals surface area contributed by atoms with Gasteiger partial charge in [-0.05, 0) is 42.3 Å². The van der Waals surface area contributed by atoms with Gasteiger partial charge in [-0.25, -0.2) is 8.42 Å². The third-order valence-electron chi connectivity index (χ3n) is 6.42. The van der Waals surface area contributed by atoms with Gasteiger partial charge in [-0.1, -0.05) is 17.7 Å². The second-order valence-corrected chi connectivity index (χ2v) is 11.3. The minimum absolute atomic E-state index is 0.000787. The number of carbonyl (C=O) groups excluding carboxylic acids is 4. The molecule has 2 unspecified atom stereocenters. The van der Waals surface area contributed by atoms with E-state index in [1.807, 2.05) is 6.07 Å². The number of aromatic nitrogens is 1. The van der Waals surface area contributed by atoms with Gasteiger partial charge < -0.3 is 10.2 Å². The van der Waals surface area contributed by atoms with Crippen LogP contribution in [0.3, 0.4) is 0 Å². The lowest BCUT2D eigenvalue weighted by Crippen LogP contribution is -2.67. The molecule has 9 nitrogen and oxygen atoms in total. The SMILES string of the molecule is O=C1CC2(S(=O)(=O)c3ccc(Cl)cc3)C(=O)C(Cc3cccnc3)CN12.O=C1CCNC(=O)CC1. The molecule has 184 valence electrons. The molecule has 3 aliphatic heterocycles. The molecule has 0 saturated carbocycles. The van der Waals surface area contributed by atoms with Gasteiger partial charge in [-0.3, -0.25) is 24.2 Å². The molecule has 1 aromatic carbocycles. The fraction of sp³-hybridized carbons (Fsp3) is 0.375. The first-order valence-electron chi connectivity index (χ1n) is 11.2. The molecule has 11 heteroatoms. The topological polar surface area (TPSA) is 131 Å². The quantitative estimate of drug-likeness (QED) is 0.611. The van der Waals surface area contributed by atoms with Crippen molar-refractivity contribution in [1.82, 2.24) is 15.2 Å². The number of amides is 2. The van der Waals surface area contributed by atoms with Crippen LogP contribution >= 0.6 is 11.6 Å². The van der Waals surface area contributed by atoms with Gasteiger partial charge in [0.15, 0.2) is 5.78 Å². The Morgan fingerprint density at radius 3 is 2.46 bits per heavy atom. The third-order valence-corrected chi connectivity index (χ3v) is 9.02. The molecule has 1 N–H and O–H groups in total. The van der Waals surface area contributed by atoms with Crippen LogP contribution in [0.4, 0.5) is 0 Å². The number of rotatable bonds is 4. The van der Waals surface area contributed by atoms with Crippen molar-refractivity contribution in [2.45, 2.75) is 41.9 Å². The number of ketones is 2. The Hall–Kier alpha value is -3.11. The van der Waals surface area contributed by atoms with Crippen molar-refractivity contribution < 1.29 is 27.6 Å². The van der Waals surface area contributed by atoms with Crippen LogP contribution in [0, 0.1) is 5.92 Å². The molecule has 0 aliphatic carbocycles. The summed E-state index contributed by atoms with van der Waals surface area (Å²) in [5.74, 6) is -1.11. The van der Waals surface area contributed by atoms with Gasteiger partial charge in [0.1, 0.15) is 5.78 Å². The standard InChI is InChI=1S/C18H15ClN2O4S.C6H9NO2/c19-14-3-5-15(6-4-14)26(24,25)18-9-16(22)21(18)11-13(17(18)23)8-12-2-1-7-20-10-12;8-5-1-2-6(9)7-4-3-5/h1-7,10,13H,8-9,11H2;1-4H2,(H,7,9). The lowest BCUT2D eigenvalue weighted by molar-refractivity contribution is -0.150. The average molecular weight is 518 g/mol. The van der Waals surface area contributed by atoms with Gasteiger partial charge in [0.2, 0.25) is 26.5 Å². The van der Waals surface area contributed by atoms with Crippen molar-refractivity contribution in [1.29, 1.82) is 0 Å². The van der Waals surface area contributed by atoms with Crippen molar-refractivity contribution in [3.05, 3.63) is 59.4 Å². The zero-order chi connectivity index (χ0) is 25.2. The molecule has 2 atom stereocenters. The Kier molecular flexibility index (Phi) is 7.05. The molecule has 3 aliphatic rings. The maximum atomic E-state index is 13.2. The van der Waals surface area contributed by atoms with Crippen molar-refractivity contribution in [2.75, 3.05) is 13.1 Å². The normalized spacial score (nSPS) is 24.0. The van der Waals surface area contributed by atoms with E-state index in [2.05, 4.69) is 10.3 Å². The minimum atomic E-state index is -4.04. The molecule has 35 heavy (non-hydrogen) atoms. The number of nitrogens with one attached hydrogen (secondary N) is 1. The number of fused-ring (bicyclic) bond motifs is 1. The molecular weight excluding hydrogens is 494 g/mol. The third kappa shape index (κ3) is 4.72. The van der Waals surface area contributed by atoms with Gasteiger partial charge in [0.25, 0.3) is 0 Å². The monoisotopic (exact) mass is 517 g/mol. The van der Waals surface area contributed by atoms with Crippen molar-refractivity contribution in [2.24, 2.45) is 5.92 Å². The van der Waals surface area contributed by atoms with E-state index in [1.54, 1.807) is 18.5 Å². The fourth-order valence-electron chi connectivity index (χ4n) is 4.55. The molecule has 2 amide bonds. The highest BCUT2D eigenvalue weighted by Crippen LogP contribution is 2.48. The first-order valence-corrected chi connectivity index (χ1v) is 13.0. The Morgan fingerprint density at radius 2 is 1.80 bits per heavy atom. The molecule has 3 saturated heterocycles. The molecule has 0 spiro atoms. The molecule has 5 rings (SSSR count). The average Bonchev–Trinajstić information content (AvgIpc) is 2.93. The van der Waals surface area contributed by atoms with Crippen LogP contribution in [0.1, 0.15) is 31.2 Å². The number of halogens is 1. The van der Waals surface area contributed by atoms with E-state index in [-0.39, 0.29) is 35.5 Å². The molecule has 4 heterocycles. The lowest BCUT2D eigenvalue weighted by Gasteiger charge is -2.44. The van der Waals surface area contributed by atoms with E-state index in [9.17, 15) is 27.6 Å². The fourth-order valence-corrected chi connectivity index (χ4v) is 6.77. The largest absolute Gasteiger partial charge is 0.356 e. The highest BCUT2D eigenvalue weighted by atomic mass is 35.5. The maximum absolute atomic E-state index is 13.2. The Labute approximate surface area is 207 Å². The first-order chi connectivity index (χ1) is 16.6. The summed E-state index contributed by atoms with van der Waals surface area (Å²) in [7, 11) is -4.04. The smallest absolute Gasteiger partial charge is 0.228 e. The Morgan fingerprint density at radius 1 is 1.06 bits per heavy atom. The van der Waals surface area contributed by atoms with Gasteiger partial charge in [-0.15, -0.1) is 0 Å². The summed E-state index contributed by atoms with van der Waals surface area (Å²) in [5.41, 5.74) is 0.833. The molecule has 0 bridgehead atoms. The predicted molar refractivity (Wildman–Crippen MR) is 126 cm³/mol. The summed E-state index contributed by atoms with van der Waals surface area (Å²) in [4.78, 5) is 49.8. The maximum Gasteiger partial charge on any atom is 0.228 e. The number of β-lactam (4-membered cyclic amide) rings is 1. The van der Waals surface area contributed by atoms with E-state index >= 15 is 0 Å². The van der Waals surface area contributed by atoms with Gasteiger partial charge >= 0.3 is 0 Å². The zero-order valence-electron chi connectivity index (χ0n) is 18.8.